The second-order valence-corrected chi connectivity index (χ2v) is 19.5. The number of carbonyl (C=O) groups excluding carboxylic acids is 2. The Kier molecular flexibility index (Phi) is 10.6. The standard InChI is InChI=1S/C42H68O7/c1-27(2)28-13-19-42(20-16-34(45)48-24-23-47-10)22-21-40(8)29(36(28)42)11-12-31-39(7)17-15-32(38(5,6)30(39)14-18-41(31,40)9)49-35(46)26-37(3,4)25-33(43)44/h28-32,36H,1,11-26H2,2-10H3,(H,43,44)/t28-,29+,30-,31+,32-,36+,39-,40+,41+,42-/m0/s1. The van der Waals surface area contributed by atoms with Crippen molar-refractivity contribution in [3.8, 4) is 0 Å². The molecule has 49 heavy (non-hydrogen) atoms. The lowest BCUT2D eigenvalue weighted by atomic mass is 9.32. The highest BCUT2D eigenvalue weighted by atomic mass is 16.6. The van der Waals surface area contributed by atoms with E-state index in [1.807, 2.05) is 13.8 Å². The zero-order valence-corrected chi connectivity index (χ0v) is 32.4. The number of esters is 2. The number of fused-ring (bicyclic) bond motifs is 7. The Morgan fingerprint density at radius 1 is 0.816 bits per heavy atom. The van der Waals surface area contributed by atoms with E-state index in [1.165, 1.54) is 50.5 Å². The van der Waals surface area contributed by atoms with Crippen LogP contribution < -0.4 is 0 Å². The van der Waals surface area contributed by atoms with E-state index in [1.54, 1.807) is 7.11 Å². The van der Waals surface area contributed by atoms with Crippen molar-refractivity contribution in [2.75, 3.05) is 20.3 Å². The molecule has 7 nitrogen and oxygen atoms in total. The number of ether oxygens (including phenoxy) is 3. The Labute approximate surface area is 297 Å². The summed E-state index contributed by atoms with van der Waals surface area (Å²) in [5, 5.41) is 9.33. The van der Waals surface area contributed by atoms with Gasteiger partial charge in [-0.25, -0.2) is 0 Å². The fourth-order valence-electron chi connectivity index (χ4n) is 13.6. The van der Waals surface area contributed by atoms with Crippen LogP contribution in [0.5, 0.6) is 0 Å². The third-order valence-electron chi connectivity index (χ3n) is 16.1. The lowest BCUT2D eigenvalue weighted by Gasteiger charge is -2.73. The molecule has 5 fully saturated rings. The molecule has 0 aromatic rings. The molecular weight excluding hydrogens is 616 g/mol. The van der Waals surface area contributed by atoms with Gasteiger partial charge in [-0.15, -0.1) is 0 Å². The van der Waals surface area contributed by atoms with Gasteiger partial charge in [0.05, 0.1) is 19.4 Å². The monoisotopic (exact) mass is 684 g/mol. The highest BCUT2D eigenvalue weighted by Gasteiger charge is 2.71. The molecule has 10 atom stereocenters. The summed E-state index contributed by atoms with van der Waals surface area (Å²) in [4.78, 5) is 37.4. The van der Waals surface area contributed by atoms with Crippen molar-refractivity contribution in [3.63, 3.8) is 0 Å². The normalized spacial score (nSPS) is 41.0. The Bertz CT molecular complexity index is 1290. The zero-order valence-electron chi connectivity index (χ0n) is 32.4. The Balaban J connectivity index is 1.36. The van der Waals surface area contributed by atoms with Gasteiger partial charge in [-0.05, 0) is 134 Å². The van der Waals surface area contributed by atoms with Crippen LogP contribution in [0, 0.1) is 62.1 Å². The number of hydrogen-bond donors (Lipinski definition) is 1. The fraction of sp³-hybridized carbons (Fsp3) is 0.881. The van der Waals surface area contributed by atoms with Crippen LogP contribution in [-0.2, 0) is 28.6 Å². The first-order chi connectivity index (χ1) is 22.8. The molecule has 0 radical (unpaired) electrons. The van der Waals surface area contributed by atoms with Crippen LogP contribution in [-0.4, -0.2) is 49.4 Å². The SMILES string of the molecule is C=C(C)[C@@H]1CC[C@]2(CCC(=O)OCCOC)CC[C@]3(C)[C@H](CC[C@@H]4[C@@]5(C)CC[C@H](OC(=O)CC(C)(C)CC(=O)O)C(C)(C)[C@@H]5CC[C@]43C)[C@@H]12. The van der Waals surface area contributed by atoms with Crippen molar-refractivity contribution in [3.05, 3.63) is 12.2 Å². The first kappa shape index (κ1) is 38.3. The van der Waals surface area contributed by atoms with Gasteiger partial charge in [-0.1, -0.05) is 60.6 Å². The third-order valence-corrected chi connectivity index (χ3v) is 16.1. The minimum absolute atomic E-state index is 0.0482. The van der Waals surface area contributed by atoms with Gasteiger partial charge < -0.3 is 19.3 Å². The minimum atomic E-state index is -0.884. The minimum Gasteiger partial charge on any atom is -0.481 e. The third kappa shape index (κ3) is 6.65. The van der Waals surface area contributed by atoms with Crippen molar-refractivity contribution in [2.24, 2.45) is 62.1 Å². The molecule has 0 saturated heterocycles. The molecule has 0 aliphatic heterocycles. The molecule has 0 heterocycles. The van der Waals surface area contributed by atoms with Crippen molar-refractivity contribution in [2.45, 2.75) is 151 Å². The van der Waals surface area contributed by atoms with Gasteiger partial charge in [-0.2, -0.15) is 0 Å². The summed E-state index contributed by atoms with van der Waals surface area (Å²) in [6.07, 6.45) is 12.9. The van der Waals surface area contributed by atoms with Crippen LogP contribution in [0.15, 0.2) is 12.2 Å². The van der Waals surface area contributed by atoms with Crippen molar-refractivity contribution in [1.29, 1.82) is 0 Å². The molecule has 5 aliphatic carbocycles. The molecule has 5 saturated carbocycles. The maximum atomic E-state index is 13.2. The van der Waals surface area contributed by atoms with Gasteiger partial charge in [0.2, 0.25) is 0 Å². The van der Waals surface area contributed by atoms with Crippen LogP contribution in [0.3, 0.4) is 0 Å². The van der Waals surface area contributed by atoms with Gasteiger partial charge in [0, 0.05) is 18.9 Å². The summed E-state index contributed by atoms with van der Waals surface area (Å²) in [7, 11) is 1.63. The highest BCUT2D eigenvalue weighted by molar-refractivity contribution is 5.73. The number of carbonyl (C=O) groups is 3. The van der Waals surface area contributed by atoms with Gasteiger partial charge >= 0.3 is 17.9 Å². The molecule has 7 heteroatoms. The average Bonchev–Trinajstić information content (AvgIpc) is 3.37. The summed E-state index contributed by atoms with van der Waals surface area (Å²) in [6.45, 7) is 23.8. The summed E-state index contributed by atoms with van der Waals surface area (Å²) >= 11 is 0. The number of carboxylic acid groups (broad SMARTS) is 1. The fourth-order valence-corrected chi connectivity index (χ4v) is 13.6. The molecule has 0 bridgehead atoms. The summed E-state index contributed by atoms with van der Waals surface area (Å²) < 4.78 is 16.9. The lowest BCUT2D eigenvalue weighted by Crippen LogP contribution is -2.66. The number of carboxylic acids is 1. The van der Waals surface area contributed by atoms with Gasteiger partial charge in [0.1, 0.15) is 12.7 Å². The number of aliphatic carboxylic acids is 1. The van der Waals surface area contributed by atoms with E-state index in [0.29, 0.717) is 49.2 Å². The van der Waals surface area contributed by atoms with Crippen molar-refractivity contribution in [1.82, 2.24) is 0 Å². The Morgan fingerprint density at radius 3 is 2.18 bits per heavy atom. The smallest absolute Gasteiger partial charge is 0.306 e. The maximum absolute atomic E-state index is 13.2. The molecule has 0 spiro atoms. The van der Waals surface area contributed by atoms with Crippen molar-refractivity contribution >= 4 is 17.9 Å². The van der Waals surface area contributed by atoms with Crippen LogP contribution in [0.2, 0.25) is 0 Å². The summed E-state index contributed by atoms with van der Waals surface area (Å²) in [5.74, 6) is 1.53. The number of rotatable bonds is 12. The Morgan fingerprint density at radius 2 is 1.53 bits per heavy atom. The molecule has 0 aromatic carbocycles. The number of methoxy groups -OCH3 is 1. The summed E-state index contributed by atoms with van der Waals surface area (Å²) in [6, 6.07) is 0. The van der Waals surface area contributed by atoms with E-state index in [-0.39, 0.29) is 58.0 Å². The predicted octanol–water partition coefficient (Wildman–Crippen LogP) is 9.42. The Hall–Kier alpha value is -1.89. The van der Waals surface area contributed by atoms with Crippen LogP contribution >= 0.6 is 0 Å². The first-order valence-electron chi connectivity index (χ1n) is 19.5. The van der Waals surface area contributed by atoms with E-state index in [4.69, 9.17) is 14.2 Å². The zero-order chi connectivity index (χ0) is 36.2. The van der Waals surface area contributed by atoms with Crippen molar-refractivity contribution < 1.29 is 33.7 Å². The molecule has 0 amide bonds. The quantitative estimate of drug-likeness (QED) is 0.124. The molecule has 0 unspecified atom stereocenters. The molecule has 0 aromatic heterocycles. The molecular formula is C42H68O7. The molecule has 278 valence electrons. The first-order valence-corrected chi connectivity index (χ1v) is 19.5. The van der Waals surface area contributed by atoms with E-state index >= 15 is 0 Å². The number of hydrogen-bond acceptors (Lipinski definition) is 6. The average molecular weight is 685 g/mol. The predicted molar refractivity (Wildman–Crippen MR) is 192 cm³/mol. The second-order valence-electron chi connectivity index (χ2n) is 19.5. The number of allylic oxidation sites excluding steroid dienone is 1. The summed E-state index contributed by atoms with van der Waals surface area (Å²) in [5.41, 5.74) is 1.32. The van der Waals surface area contributed by atoms with E-state index in [2.05, 4.69) is 48.1 Å². The highest BCUT2D eigenvalue weighted by Crippen LogP contribution is 2.78. The van der Waals surface area contributed by atoms with Gasteiger partial charge in [0.15, 0.2) is 0 Å². The van der Waals surface area contributed by atoms with Crippen LogP contribution in [0.25, 0.3) is 0 Å². The second kappa shape index (κ2) is 13.6. The molecule has 5 rings (SSSR count). The van der Waals surface area contributed by atoms with E-state index in [9.17, 15) is 19.5 Å². The van der Waals surface area contributed by atoms with E-state index in [0.717, 1.165) is 25.7 Å². The van der Waals surface area contributed by atoms with Crippen LogP contribution in [0.4, 0.5) is 0 Å². The molecule has 1 N–H and O–H groups in total. The van der Waals surface area contributed by atoms with Gasteiger partial charge in [-0.3, -0.25) is 14.4 Å². The van der Waals surface area contributed by atoms with Crippen LogP contribution in [0.1, 0.15) is 145 Å². The molecule has 5 aliphatic rings. The topological polar surface area (TPSA) is 99.1 Å². The maximum Gasteiger partial charge on any atom is 0.306 e. The van der Waals surface area contributed by atoms with E-state index < -0.39 is 11.4 Å². The van der Waals surface area contributed by atoms with Gasteiger partial charge in [0.25, 0.3) is 0 Å². The lowest BCUT2D eigenvalue weighted by molar-refractivity contribution is -0.250. The largest absolute Gasteiger partial charge is 0.481 e.